The van der Waals surface area contributed by atoms with Gasteiger partial charge in [0.05, 0.1) is 27.8 Å². The second kappa shape index (κ2) is 9.25. The van der Waals surface area contributed by atoms with E-state index in [4.69, 9.17) is 9.97 Å². The van der Waals surface area contributed by atoms with E-state index in [1.165, 1.54) is 60.5 Å². The van der Waals surface area contributed by atoms with Crippen molar-refractivity contribution in [2.24, 2.45) is 0 Å². The summed E-state index contributed by atoms with van der Waals surface area (Å²) in [4.78, 5) is 10.0. The number of benzene rings is 6. The summed E-state index contributed by atoms with van der Waals surface area (Å²) in [6.45, 7) is 0. The van der Waals surface area contributed by atoms with Gasteiger partial charge in [-0.3, -0.25) is 4.57 Å². The average molecular weight is 575 g/mol. The Hall–Kier alpha value is -6.00. The smallest absolute Gasteiger partial charge is 0.234 e. The number of rotatable bonds is 3. The van der Waals surface area contributed by atoms with E-state index in [-0.39, 0.29) is 0 Å². The summed E-state index contributed by atoms with van der Waals surface area (Å²) in [5, 5.41) is 4.90. The van der Waals surface area contributed by atoms with Gasteiger partial charge in [0.2, 0.25) is 5.95 Å². The van der Waals surface area contributed by atoms with Crippen molar-refractivity contribution in [2.75, 3.05) is 0 Å². The minimum Gasteiger partial charge on any atom is -0.309 e. The molecule has 0 N–H and O–H groups in total. The first-order valence-corrected chi connectivity index (χ1v) is 15.4. The molecule has 0 saturated carbocycles. The van der Waals surface area contributed by atoms with Gasteiger partial charge in [0.15, 0.2) is 0 Å². The third-order valence-electron chi connectivity index (χ3n) is 9.41. The normalized spacial score (nSPS) is 12.4. The van der Waals surface area contributed by atoms with Gasteiger partial charge >= 0.3 is 0 Å². The summed E-state index contributed by atoms with van der Waals surface area (Å²) >= 11 is 0. The van der Waals surface area contributed by atoms with E-state index in [0.717, 1.165) is 34.7 Å². The number of hydrogen-bond donors (Lipinski definition) is 0. The van der Waals surface area contributed by atoms with Gasteiger partial charge in [-0.25, -0.2) is 9.97 Å². The first kappa shape index (κ1) is 24.4. The lowest BCUT2D eigenvalue weighted by molar-refractivity contribution is 0.955. The predicted octanol–water partition coefficient (Wildman–Crippen LogP) is 9.91. The molecule has 1 aliphatic rings. The second-order valence-corrected chi connectivity index (χ2v) is 11.9. The van der Waals surface area contributed by atoms with Crippen molar-refractivity contribution in [3.63, 3.8) is 0 Å². The van der Waals surface area contributed by atoms with Crippen LogP contribution in [0.1, 0.15) is 11.3 Å². The predicted molar refractivity (Wildman–Crippen MR) is 184 cm³/mol. The molecule has 3 aromatic heterocycles. The van der Waals surface area contributed by atoms with E-state index in [9.17, 15) is 0 Å². The van der Waals surface area contributed by atoms with Crippen LogP contribution in [-0.4, -0.2) is 19.1 Å². The topological polar surface area (TPSA) is 35.6 Å². The fourth-order valence-corrected chi connectivity index (χ4v) is 7.37. The SMILES string of the molecule is c1ccc(-n2c3ccccc3c3cc(-c4ccc5c(c4)c4ccccc4n5-c4ncc5c(n4)Cc4ccccc4-5)ccc32)cc1. The maximum atomic E-state index is 5.13. The van der Waals surface area contributed by atoms with E-state index in [1.54, 1.807) is 0 Å². The quantitative estimate of drug-likeness (QED) is 0.211. The summed E-state index contributed by atoms with van der Waals surface area (Å²) in [7, 11) is 0. The lowest BCUT2D eigenvalue weighted by Gasteiger charge is -2.09. The number of nitrogens with zero attached hydrogens (tertiary/aromatic N) is 4. The molecule has 4 heteroatoms. The van der Waals surface area contributed by atoms with Gasteiger partial charge in [0, 0.05) is 45.4 Å². The molecule has 0 radical (unpaired) electrons. The molecule has 4 nitrogen and oxygen atoms in total. The molecule has 0 unspecified atom stereocenters. The third-order valence-corrected chi connectivity index (χ3v) is 9.41. The Morgan fingerprint density at radius 3 is 1.78 bits per heavy atom. The first-order chi connectivity index (χ1) is 22.3. The van der Waals surface area contributed by atoms with Crippen LogP contribution in [0.3, 0.4) is 0 Å². The molecule has 0 spiro atoms. The molecular weight excluding hydrogens is 548 g/mol. The molecule has 0 aliphatic heterocycles. The zero-order valence-electron chi connectivity index (χ0n) is 24.4. The summed E-state index contributed by atoms with van der Waals surface area (Å²) in [5.41, 5.74) is 13.0. The van der Waals surface area contributed by atoms with E-state index >= 15 is 0 Å². The Kier molecular flexibility index (Phi) is 5.02. The molecule has 0 bridgehead atoms. The highest BCUT2D eigenvalue weighted by molar-refractivity contribution is 6.12. The molecule has 3 heterocycles. The molecule has 45 heavy (non-hydrogen) atoms. The maximum Gasteiger partial charge on any atom is 0.234 e. The highest BCUT2D eigenvalue weighted by Gasteiger charge is 2.22. The number of fused-ring (bicyclic) bond motifs is 9. The molecule has 210 valence electrons. The van der Waals surface area contributed by atoms with Crippen LogP contribution in [0, 0.1) is 0 Å². The Bertz CT molecular complexity index is 2620. The minimum atomic E-state index is 0.718. The Morgan fingerprint density at radius 2 is 1.04 bits per heavy atom. The van der Waals surface area contributed by atoms with Gasteiger partial charge in [0.1, 0.15) is 0 Å². The molecular formula is C41H26N4. The van der Waals surface area contributed by atoms with Gasteiger partial charge in [-0.1, -0.05) is 91.0 Å². The number of aromatic nitrogens is 4. The van der Waals surface area contributed by atoms with Crippen molar-refractivity contribution in [3.8, 4) is 33.9 Å². The van der Waals surface area contributed by atoms with Gasteiger partial charge in [-0.15, -0.1) is 0 Å². The van der Waals surface area contributed by atoms with Crippen molar-refractivity contribution in [2.45, 2.75) is 6.42 Å². The van der Waals surface area contributed by atoms with Crippen LogP contribution in [0.5, 0.6) is 0 Å². The van der Waals surface area contributed by atoms with Crippen molar-refractivity contribution >= 4 is 43.6 Å². The zero-order chi connectivity index (χ0) is 29.5. The largest absolute Gasteiger partial charge is 0.309 e. The van der Waals surface area contributed by atoms with Crippen LogP contribution in [0.15, 0.2) is 146 Å². The zero-order valence-corrected chi connectivity index (χ0v) is 24.4. The summed E-state index contributed by atoms with van der Waals surface area (Å²) in [5.74, 6) is 0.718. The lowest BCUT2D eigenvalue weighted by Crippen LogP contribution is -2.03. The van der Waals surface area contributed by atoms with Crippen LogP contribution in [0.4, 0.5) is 0 Å². The molecule has 6 aromatic carbocycles. The standard InChI is InChI=1S/C41H26N4/c1-2-11-29(12-3-1)44-37-16-8-6-14-31(37)33-22-26(18-20-39(33)44)27-19-21-40-34(23-27)32-15-7-9-17-38(32)45(40)41-42-25-35-30-13-5-4-10-28(30)24-36(35)43-41/h1-23,25H,24H2. The van der Waals surface area contributed by atoms with Crippen molar-refractivity contribution < 1.29 is 0 Å². The fourth-order valence-electron chi connectivity index (χ4n) is 7.37. The van der Waals surface area contributed by atoms with E-state index in [0.29, 0.717) is 0 Å². The van der Waals surface area contributed by atoms with Crippen LogP contribution in [0.2, 0.25) is 0 Å². The van der Waals surface area contributed by atoms with Crippen LogP contribution in [-0.2, 0) is 6.42 Å². The van der Waals surface area contributed by atoms with Gasteiger partial charge in [-0.05, 0) is 70.8 Å². The Morgan fingerprint density at radius 1 is 0.467 bits per heavy atom. The monoisotopic (exact) mass is 574 g/mol. The third kappa shape index (κ3) is 3.54. The van der Waals surface area contributed by atoms with E-state index < -0.39 is 0 Å². The van der Waals surface area contributed by atoms with Gasteiger partial charge in [0.25, 0.3) is 0 Å². The molecule has 0 atom stereocenters. The molecule has 9 aromatic rings. The maximum absolute atomic E-state index is 5.13. The number of hydrogen-bond acceptors (Lipinski definition) is 2. The summed E-state index contributed by atoms with van der Waals surface area (Å²) < 4.78 is 4.58. The van der Waals surface area contributed by atoms with Crippen LogP contribution >= 0.6 is 0 Å². The fraction of sp³-hybridized carbons (Fsp3) is 0.0244. The van der Waals surface area contributed by atoms with Crippen molar-refractivity contribution in [3.05, 3.63) is 157 Å². The van der Waals surface area contributed by atoms with Gasteiger partial charge in [-0.2, -0.15) is 0 Å². The molecule has 1 aliphatic carbocycles. The molecule has 10 rings (SSSR count). The van der Waals surface area contributed by atoms with E-state index in [1.807, 2.05) is 6.20 Å². The summed E-state index contributed by atoms with van der Waals surface area (Å²) in [6, 6.07) is 50.1. The Balaban J connectivity index is 1.14. The van der Waals surface area contributed by atoms with Crippen molar-refractivity contribution in [1.82, 2.24) is 19.1 Å². The highest BCUT2D eigenvalue weighted by atomic mass is 15.2. The highest BCUT2D eigenvalue weighted by Crippen LogP contribution is 2.39. The van der Waals surface area contributed by atoms with E-state index in [2.05, 4.69) is 149 Å². The first-order valence-electron chi connectivity index (χ1n) is 15.4. The Labute approximate surface area is 259 Å². The van der Waals surface area contributed by atoms with Gasteiger partial charge < -0.3 is 4.57 Å². The number of para-hydroxylation sites is 3. The average Bonchev–Trinajstić information content (AvgIpc) is 3.75. The molecule has 0 fully saturated rings. The van der Waals surface area contributed by atoms with Crippen molar-refractivity contribution in [1.29, 1.82) is 0 Å². The summed E-state index contributed by atoms with van der Waals surface area (Å²) in [6.07, 6.45) is 2.84. The molecule has 0 saturated heterocycles. The van der Waals surface area contributed by atoms with Crippen LogP contribution in [0.25, 0.3) is 77.5 Å². The minimum absolute atomic E-state index is 0.718. The second-order valence-electron chi connectivity index (χ2n) is 11.9. The van der Waals surface area contributed by atoms with Crippen LogP contribution < -0.4 is 0 Å². The lowest BCUT2D eigenvalue weighted by atomic mass is 10.0. The molecule has 0 amide bonds.